The highest BCUT2D eigenvalue weighted by atomic mass is 32.2. The lowest BCUT2D eigenvalue weighted by atomic mass is 10.0. The van der Waals surface area contributed by atoms with Gasteiger partial charge in [0.2, 0.25) is 10.0 Å². The highest BCUT2D eigenvalue weighted by Crippen LogP contribution is 2.28. The van der Waals surface area contributed by atoms with Crippen molar-refractivity contribution in [2.24, 2.45) is 0 Å². The van der Waals surface area contributed by atoms with Crippen LogP contribution in [0.25, 0.3) is 0 Å². The fourth-order valence-corrected chi connectivity index (χ4v) is 2.71. The lowest BCUT2D eigenvalue weighted by Gasteiger charge is -2.23. The Morgan fingerprint density at radius 1 is 1.27 bits per heavy atom. The maximum Gasteiger partial charge on any atom is 0.417 e. The smallest absolute Gasteiger partial charge is 0.297 e. The largest absolute Gasteiger partial charge is 0.417 e. The maximum atomic E-state index is 12.4. The molecule has 0 amide bonds. The van der Waals surface area contributed by atoms with Gasteiger partial charge in [0, 0.05) is 18.4 Å². The van der Waals surface area contributed by atoms with Gasteiger partial charge in [-0.15, -0.1) is 0 Å². The van der Waals surface area contributed by atoms with Gasteiger partial charge >= 0.3 is 6.18 Å². The molecule has 0 aliphatic heterocycles. The lowest BCUT2D eigenvalue weighted by molar-refractivity contribution is -0.137. The van der Waals surface area contributed by atoms with Crippen molar-refractivity contribution in [3.63, 3.8) is 0 Å². The van der Waals surface area contributed by atoms with E-state index in [-0.39, 0.29) is 18.7 Å². The number of aromatic nitrogens is 1. The van der Waals surface area contributed by atoms with Crippen molar-refractivity contribution in [2.75, 3.05) is 6.54 Å². The molecule has 0 aromatic carbocycles. The SMILES string of the molecule is CCNS(=O)(=O)C(C)(C)C(=O)Cc1ccc(C(F)(F)F)cn1. The summed E-state index contributed by atoms with van der Waals surface area (Å²) in [5.41, 5.74) is -0.846. The zero-order valence-electron chi connectivity index (χ0n) is 12.4. The molecule has 0 aliphatic carbocycles. The number of rotatable bonds is 6. The summed E-state index contributed by atoms with van der Waals surface area (Å²) >= 11 is 0. The van der Waals surface area contributed by atoms with E-state index in [0.717, 1.165) is 12.1 Å². The molecule has 1 heterocycles. The zero-order chi connectivity index (χ0) is 17.2. The van der Waals surface area contributed by atoms with E-state index >= 15 is 0 Å². The molecule has 0 bridgehead atoms. The first-order valence-corrected chi connectivity index (χ1v) is 7.94. The summed E-state index contributed by atoms with van der Waals surface area (Å²) in [5, 5.41) is 0. The molecule has 0 aliphatic rings. The van der Waals surface area contributed by atoms with Gasteiger partial charge in [0.05, 0.1) is 12.0 Å². The molecule has 0 radical (unpaired) electrons. The fraction of sp³-hybridized carbons (Fsp3) is 0.538. The van der Waals surface area contributed by atoms with Gasteiger partial charge in [0.25, 0.3) is 0 Å². The van der Waals surface area contributed by atoms with E-state index in [1.807, 2.05) is 0 Å². The first-order valence-electron chi connectivity index (χ1n) is 6.46. The number of ketones is 1. The summed E-state index contributed by atoms with van der Waals surface area (Å²) < 4.78 is 61.7. The zero-order valence-corrected chi connectivity index (χ0v) is 13.2. The van der Waals surface area contributed by atoms with Crippen LogP contribution >= 0.6 is 0 Å². The molecule has 9 heteroatoms. The summed E-state index contributed by atoms with van der Waals surface area (Å²) in [6, 6.07) is 1.87. The summed E-state index contributed by atoms with van der Waals surface area (Å²) in [6.45, 7) is 4.21. The van der Waals surface area contributed by atoms with Gasteiger partial charge < -0.3 is 0 Å². The molecule has 124 valence electrons. The van der Waals surface area contributed by atoms with Crippen molar-refractivity contribution < 1.29 is 26.4 Å². The van der Waals surface area contributed by atoms with Crippen molar-refractivity contribution in [2.45, 2.75) is 38.1 Å². The van der Waals surface area contributed by atoms with Crippen LogP contribution in [0, 0.1) is 0 Å². The Bertz CT molecular complexity index is 637. The maximum absolute atomic E-state index is 12.4. The molecule has 1 aromatic heterocycles. The Labute approximate surface area is 127 Å². The van der Waals surface area contributed by atoms with E-state index in [0.29, 0.717) is 6.20 Å². The topological polar surface area (TPSA) is 76.1 Å². The second-order valence-corrected chi connectivity index (χ2v) is 7.46. The first kappa shape index (κ1) is 18.6. The summed E-state index contributed by atoms with van der Waals surface area (Å²) in [6.07, 6.45) is -4.26. The van der Waals surface area contributed by atoms with Crippen molar-refractivity contribution >= 4 is 15.8 Å². The van der Waals surface area contributed by atoms with Crippen molar-refractivity contribution in [3.8, 4) is 0 Å². The predicted octanol–water partition coefficient (Wildman–Crippen LogP) is 1.93. The van der Waals surface area contributed by atoms with Crippen LogP contribution in [0.1, 0.15) is 32.0 Å². The third-order valence-electron chi connectivity index (χ3n) is 3.17. The highest BCUT2D eigenvalue weighted by Gasteiger charge is 2.41. The third kappa shape index (κ3) is 4.04. The van der Waals surface area contributed by atoms with E-state index < -0.39 is 32.3 Å². The standard InChI is InChI=1S/C13H17F3N2O3S/c1-4-18-22(20,21)12(2,3)11(19)7-10-6-5-9(8-17-10)13(14,15)16/h5-6,8,18H,4,7H2,1-3H3. The number of halogens is 3. The van der Waals surface area contributed by atoms with Crippen LogP contribution in [0.5, 0.6) is 0 Å². The van der Waals surface area contributed by atoms with Crippen molar-refractivity contribution in [1.82, 2.24) is 9.71 Å². The molecule has 1 N–H and O–H groups in total. The van der Waals surface area contributed by atoms with E-state index in [1.165, 1.54) is 13.8 Å². The van der Waals surface area contributed by atoms with E-state index in [2.05, 4.69) is 9.71 Å². The van der Waals surface area contributed by atoms with Crippen molar-refractivity contribution in [3.05, 3.63) is 29.6 Å². The monoisotopic (exact) mass is 338 g/mol. The number of nitrogens with one attached hydrogen (secondary N) is 1. The van der Waals surface area contributed by atoms with Gasteiger partial charge in [-0.25, -0.2) is 13.1 Å². The van der Waals surface area contributed by atoms with Gasteiger partial charge in [-0.3, -0.25) is 9.78 Å². The van der Waals surface area contributed by atoms with E-state index in [4.69, 9.17) is 0 Å². The lowest BCUT2D eigenvalue weighted by Crippen LogP contribution is -2.48. The number of carbonyl (C=O) groups is 1. The Hall–Kier alpha value is -1.48. The molecule has 1 rings (SSSR count). The van der Waals surface area contributed by atoms with Crippen LogP contribution in [0.3, 0.4) is 0 Å². The van der Waals surface area contributed by atoms with Gasteiger partial charge in [-0.2, -0.15) is 13.2 Å². The summed E-state index contributed by atoms with van der Waals surface area (Å²) in [5.74, 6) is -0.652. The molecular formula is C13H17F3N2O3S. The minimum atomic E-state index is -4.51. The molecule has 1 aromatic rings. The van der Waals surface area contributed by atoms with E-state index in [1.54, 1.807) is 6.92 Å². The third-order valence-corrected chi connectivity index (χ3v) is 5.41. The van der Waals surface area contributed by atoms with Crippen LogP contribution in [0.4, 0.5) is 13.2 Å². The minimum Gasteiger partial charge on any atom is -0.297 e. The number of hydrogen-bond acceptors (Lipinski definition) is 4. The van der Waals surface area contributed by atoms with Gasteiger partial charge in [-0.05, 0) is 26.0 Å². The Balaban J connectivity index is 2.93. The van der Waals surface area contributed by atoms with E-state index in [9.17, 15) is 26.4 Å². The average molecular weight is 338 g/mol. The fourth-order valence-electron chi connectivity index (χ4n) is 1.59. The van der Waals surface area contributed by atoms with Crippen LogP contribution in [0.15, 0.2) is 18.3 Å². The van der Waals surface area contributed by atoms with Gasteiger partial charge in [-0.1, -0.05) is 6.92 Å². The average Bonchev–Trinajstić information content (AvgIpc) is 2.37. The summed E-state index contributed by atoms with van der Waals surface area (Å²) in [7, 11) is -3.87. The number of pyridine rings is 1. The van der Waals surface area contributed by atoms with Crippen LogP contribution in [-0.2, 0) is 27.4 Å². The predicted molar refractivity (Wildman–Crippen MR) is 74.6 cm³/mol. The molecule has 0 fully saturated rings. The Morgan fingerprint density at radius 3 is 2.27 bits per heavy atom. The van der Waals surface area contributed by atoms with Crippen LogP contribution in [-0.4, -0.2) is 30.5 Å². The molecule has 22 heavy (non-hydrogen) atoms. The normalized spacial score (nSPS) is 13.2. The first-order chi connectivity index (χ1) is 9.91. The number of carbonyl (C=O) groups excluding carboxylic acids is 1. The van der Waals surface area contributed by atoms with Crippen molar-refractivity contribution in [1.29, 1.82) is 0 Å². The highest BCUT2D eigenvalue weighted by molar-refractivity contribution is 7.91. The van der Waals surface area contributed by atoms with Gasteiger partial charge in [0.1, 0.15) is 4.75 Å². The van der Waals surface area contributed by atoms with Crippen LogP contribution < -0.4 is 4.72 Å². The molecule has 0 atom stereocenters. The molecule has 0 saturated heterocycles. The number of hydrogen-bond donors (Lipinski definition) is 1. The number of alkyl halides is 3. The number of sulfonamides is 1. The molecule has 0 saturated carbocycles. The molecule has 0 unspecified atom stereocenters. The van der Waals surface area contributed by atoms with Crippen LogP contribution in [0.2, 0.25) is 0 Å². The Kier molecular flexibility index (Phi) is 5.34. The molecule has 5 nitrogen and oxygen atoms in total. The second-order valence-electron chi connectivity index (χ2n) is 5.15. The summed E-state index contributed by atoms with van der Waals surface area (Å²) in [4.78, 5) is 15.7. The second kappa shape index (κ2) is 6.33. The number of nitrogens with zero attached hydrogens (tertiary/aromatic N) is 1. The van der Waals surface area contributed by atoms with Gasteiger partial charge in [0.15, 0.2) is 5.78 Å². The molecule has 0 spiro atoms. The quantitative estimate of drug-likeness (QED) is 0.860. The minimum absolute atomic E-state index is 0.0813. The molecular weight excluding hydrogens is 321 g/mol. The Morgan fingerprint density at radius 2 is 1.86 bits per heavy atom. The number of Topliss-reactive ketones (excluding diaryl/α,β-unsaturated/α-hetero) is 1.